The second-order valence-corrected chi connectivity index (χ2v) is 8.21. The summed E-state index contributed by atoms with van der Waals surface area (Å²) in [6, 6.07) is 13.3. The number of aromatic nitrogens is 2. The van der Waals surface area contributed by atoms with E-state index in [2.05, 4.69) is 35.4 Å². The van der Waals surface area contributed by atoms with Gasteiger partial charge in [0, 0.05) is 18.1 Å². The predicted molar refractivity (Wildman–Crippen MR) is 129 cm³/mol. The van der Waals surface area contributed by atoms with Crippen molar-refractivity contribution in [3.8, 4) is 5.75 Å². The molecule has 192 valence electrons. The monoisotopic (exact) mass is 534 g/mol. The Balaban J connectivity index is 0.000000540. The fourth-order valence-corrected chi connectivity index (χ4v) is 3.83. The van der Waals surface area contributed by atoms with E-state index < -0.39 is 12.1 Å². The number of hydrogen-bond donors (Lipinski definition) is 2. The lowest BCUT2D eigenvalue weighted by Crippen LogP contribution is -2.32. The number of rotatable bonds is 9. The zero-order chi connectivity index (χ0) is 26.2. The Labute approximate surface area is 210 Å². The van der Waals surface area contributed by atoms with Gasteiger partial charge in [-0.1, -0.05) is 49.2 Å². The minimum atomic E-state index is -5.08. The number of nitrogens with one attached hydrogen (secondary N) is 1. The zero-order valence-corrected chi connectivity index (χ0v) is 20.8. The van der Waals surface area contributed by atoms with Crippen LogP contribution in [0.4, 0.5) is 13.2 Å². The van der Waals surface area contributed by atoms with Crippen LogP contribution in [0.5, 0.6) is 5.75 Å². The summed E-state index contributed by atoms with van der Waals surface area (Å²) in [7, 11) is 0. The van der Waals surface area contributed by atoms with Gasteiger partial charge in [-0.3, -0.25) is 5.41 Å². The van der Waals surface area contributed by atoms with E-state index in [0.717, 1.165) is 37.2 Å². The first-order valence-electron chi connectivity index (χ1n) is 10.8. The first-order chi connectivity index (χ1) is 16.5. The summed E-state index contributed by atoms with van der Waals surface area (Å²) in [4.78, 5) is 11.3. The number of fused-ring (bicyclic) bond motifs is 1. The summed E-state index contributed by atoms with van der Waals surface area (Å²) in [5.74, 6) is -2.16. The molecule has 2 aromatic carbocycles. The van der Waals surface area contributed by atoms with E-state index in [9.17, 15) is 13.2 Å². The lowest BCUT2D eigenvalue weighted by Gasteiger charge is -2.18. The molecule has 0 saturated heterocycles. The molecule has 12 heteroatoms. The van der Waals surface area contributed by atoms with Gasteiger partial charge in [-0.15, -0.1) is 0 Å². The summed E-state index contributed by atoms with van der Waals surface area (Å²) in [5, 5.41) is 16.9. The maximum Gasteiger partial charge on any atom is 0.490 e. The minimum Gasteiger partial charge on any atom is -0.490 e. The Bertz CT molecular complexity index is 1190. The summed E-state index contributed by atoms with van der Waals surface area (Å²) in [6.45, 7) is 9.05. The van der Waals surface area contributed by atoms with Crippen molar-refractivity contribution in [2.45, 2.75) is 33.1 Å². The van der Waals surface area contributed by atoms with Crippen LogP contribution < -0.4 is 10.4 Å². The molecule has 0 saturated carbocycles. The SMILES string of the molecule is CCN(CC)CCn1c(=N)n(CCOc2ccc(Cl)cc2Cl)c2ccccc21.O=C(O)C(F)(F)F. The van der Waals surface area contributed by atoms with Crippen molar-refractivity contribution in [3.05, 3.63) is 58.1 Å². The number of aliphatic carboxylic acids is 1. The number of hydrogen-bond acceptors (Lipinski definition) is 4. The molecule has 0 fully saturated rings. The van der Waals surface area contributed by atoms with Crippen LogP contribution in [-0.2, 0) is 17.9 Å². The number of likely N-dealkylation sites (N-methyl/N-ethyl adjacent to an activating group) is 1. The van der Waals surface area contributed by atoms with Crippen molar-refractivity contribution in [2.24, 2.45) is 0 Å². The van der Waals surface area contributed by atoms with Gasteiger partial charge in [0.15, 0.2) is 0 Å². The first kappa shape index (κ1) is 28.5. The van der Waals surface area contributed by atoms with Gasteiger partial charge in [0.05, 0.1) is 22.6 Å². The fraction of sp³-hybridized carbons (Fsp3) is 0.391. The molecule has 1 heterocycles. The van der Waals surface area contributed by atoms with E-state index in [1.54, 1.807) is 18.2 Å². The molecule has 7 nitrogen and oxygen atoms in total. The molecule has 0 aliphatic heterocycles. The smallest absolute Gasteiger partial charge is 0.490 e. The number of carboxylic acids is 1. The molecular formula is C23H27Cl2F3N4O3. The number of para-hydroxylation sites is 2. The maximum absolute atomic E-state index is 10.6. The lowest BCUT2D eigenvalue weighted by atomic mass is 10.3. The molecule has 35 heavy (non-hydrogen) atoms. The van der Waals surface area contributed by atoms with Crippen LogP contribution in [0.15, 0.2) is 42.5 Å². The van der Waals surface area contributed by atoms with Gasteiger partial charge in [-0.25, -0.2) is 4.79 Å². The molecule has 2 N–H and O–H groups in total. The van der Waals surface area contributed by atoms with Crippen LogP contribution in [0.25, 0.3) is 11.0 Å². The van der Waals surface area contributed by atoms with E-state index >= 15 is 0 Å². The average Bonchev–Trinajstić information content (AvgIpc) is 3.07. The number of imidazole rings is 1. The molecule has 1 aromatic heterocycles. The Kier molecular flexibility index (Phi) is 10.5. The third kappa shape index (κ3) is 7.91. The summed E-state index contributed by atoms with van der Waals surface area (Å²) in [6.07, 6.45) is -5.08. The van der Waals surface area contributed by atoms with Crippen LogP contribution in [0, 0.1) is 5.41 Å². The highest BCUT2D eigenvalue weighted by molar-refractivity contribution is 6.35. The number of carboxylic acid groups (broad SMARTS) is 1. The van der Waals surface area contributed by atoms with Gasteiger partial charge >= 0.3 is 12.1 Å². The predicted octanol–water partition coefficient (Wildman–Crippen LogP) is 5.28. The Morgan fingerprint density at radius 3 is 2.09 bits per heavy atom. The molecule has 0 amide bonds. The van der Waals surface area contributed by atoms with Crippen molar-refractivity contribution in [2.75, 3.05) is 26.2 Å². The van der Waals surface area contributed by atoms with Gasteiger partial charge in [-0.05, 0) is 43.4 Å². The molecule has 0 aliphatic rings. The van der Waals surface area contributed by atoms with Crippen LogP contribution in [0.1, 0.15) is 13.8 Å². The summed E-state index contributed by atoms with van der Waals surface area (Å²) in [5.41, 5.74) is 2.60. The number of benzene rings is 2. The van der Waals surface area contributed by atoms with E-state index in [1.807, 2.05) is 16.7 Å². The van der Waals surface area contributed by atoms with Gasteiger partial charge in [-0.2, -0.15) is 13.2 Å². The minimum absolute atomic E-state index is 0.419. The van der Waals surface area contributed by atoms with Gasteiger partial charge < -0.3 is 23.9 Å². The van der Waals surface area contributed by atoms with Gasteiger partial charge in [0.2, 0.25) is 5.62 Å². The Hall–Kier alpha value is -2.69. The standard InChI is InChI=1S/C21H26Cl2N4O.C2HF3O2/c1-3-25(4-2)11-12-26-18-7-5-6-8-19(18)27(21(26)24)13-14-28-20-10-9-16(22)15-17(20)23;3-2(4,5)1(6)7/h5-10,15,24H,3-4,11-14H2,1-2H3;(H,6,7). The second-order valence-electron chi connectivity index (χ2n) is 7.37. The average molecular weight is 535 g/mol. The van der Waals surface area contributed by atoms with Crippen molar-refractivity contribution in [1.29, 1.82) is 5.41 Å². The molecule has 0 aliphatic carbocycles. The molecule has 0 atom stereocenters. The largest absolute Gasteiger partial charge is 0.490 e. The summed E-state index contributed by atoms with van der Waals surface area (Å²) < 4.78 is 41.6. The van der Waals surface area contributed by atoms with Gasteiger partial charge in [0.1, 0.15) is 12.4 Å². The number of carbonyl (C=O) groups is 1. The van der Waals surface area contributed by atoms with E-state index in [4.69, 9.17) is 43.2 Å². The fourth-order valence-electron chi connectivity index (χ4n) is 3.37. The molecule has 3 aromatic rings. The van der Waals surface area contributed by atoms with Crippen LogP contribution >= 0.6 is 23.2 Å². The zero-order valence-electron chi connectivity index (χ0n) is 19.3. The number of nitrogens with zero attached hydrogens (tertiary/aromatic N) is 3. The Morgan fingerprint density at radius 1 is 1.06 bits per heavy atom. The quantitative estimate of drug-likeness (QED) is 0.391. The van der Waals surface area contributed by atoms with Crippen LogP contribution in [0.2, 0.25) is 10.0 Å². The first-order valence-corrected chi connectivity index (χ1v) is 11.6. The van der Waals surface area contributed by atoms with Crippen molar-refractivity contribution < 1.29 is 27.8 Å². The third-order valence-electron chi connectivity index (χ3n) is 5.22. The Morgan fingerprint density at radius 2 is 1.60 bits per heavy atom. The maximum atomic E-state index is 10.6. The van der Waals surface area contributed by atoms with Crippen molar-refractivity contribution in [1.82, 2.24) is 14.0 Å². The number of halogens is 5. The van der Waals surface area contributed by atoms with Crippen LogP contribution in [0.3, 0.4) is 0 Å². The van der Waals surface area contributed by atoms with Gasteiger partial charge in [0.25, 0.3) is 0 Å². The number of alkyl halides is 3. The third-order valence-corrected chi connectivity index (χ3v) is 5.75. The highest BCUT2D eigenvalue weighted by Crippen LogP contribution is 2.27. The highest BCUT2D eigenvalue weighted by atomic mass is 35.5. The molecular weight excluding hydrogens is 508 g/mol. The normalized spacial score (nSPS) is 11.4. The molecule has 0 spiro atoms. The molecule has 0 bridgehead atoms. The topological polar surface area (TPSA) is 83.5 Å². The van der Waals surface area contributed by atoms with E-state index in [1.165, 1.54) is 0 Å². The molecule has 3 rings (SSSR count). The lowest BCUT2D eigenvalue weighted by molar-refractivity contribution is -0.192. The van der Waals surface area contributed by atoms with E-state index in [-0.39, 0.29) is 0 Å². The summed E-state index contributed by atoms with van der Waals surface area (Å²) >= 11 is 12.1. The van der Waals surface area contributed by atoms with Crippen molar-refractivity contribution in [3.63, 3.8) is 0 Å². The second kappa shape index (κ2) is 12.9. The molecule has 0 unspecified atom stereocenters. The molecule has 0 radical (unpaired) electrons. The number of ether oxygens (including phenoxy) is 1. The van der Waals surface area contributed by atoms with E-state index in [0.29, 0.717) is 34.6 Å². The van der Waals surface area contributed by atoms with Crippen LogP contribution in [-0.4, -0.2) is 57.5 Å². The van der Waals surface area contributed by atoms with Crippen molar-refractivity contribution >= 4 is 40.2 Å². The highest BCUT2D eigenvalue weighted by Gasteiger charge is 2.38.